The van der Waals surface area contributed by atoms with E-state index in [4.69, 9.17) is 9.47 Å². The van der Waals surface area contributed by atoms with Gasteiger partial charge in [-0.15, -0.1) is 0 Å². The SMILES string of the molecule is COc1cc(/C(C)=N/NC(=O)C2CC2c2ccccc2)ccc1OCc1ccccc1. The second kappa shape index (κ2) is 9.47. The minimum atomic E-state index is -0.0389. The lowest BCUT2D eigenvalue weighted by Crippen LogP contribution is -2.21. The summed E-state index contributed by atoms with van der Waals surface area (Å²) in [4.78, 5) is 12.5. The van der Waals surface area contributed by atoms with E-state index >= 15 is 0 Å². The van der Waals surface area contributed by atoms with Crippen LogP contribution < -0.4 is 14.9 Å². The summed E-state index contributed by atoms with van der Waals surface area (Å²) in [5.41, 5.74) is 6.58. The summed E-state index contributed by atoms with van der Waals surface area (Å²) < 4.78 is 11.4. The molecule has 2 unspecified atom stereocenters. The van der Waals surface area contributed by atoms with E-state index in [1.165, 1.54) is 5.56 Å². The number of hydrazone groups is 1. The van der Waals surface area contributed by atoms with E-state index in [9.17, 15) is 4.79 Å². The second-order valence-corrected chi connectivity index (χ2v) is 7.67. The molecule has 1 amide bonds. The predicted octanol–water partition coefficient (Wildman–Crippen LogP) is 4.92. The first kappa shape index (κ1) is 20.7. The van der Waals surface area contributed by atoms with E-state index in [-0.39, 0.29) is 17.7 Å². The normalized spacial score (nSPS) is 17.7. The maximum atomic E-state index is 12.5. The Balaban J connectivity index is 1.37. The molecule has 4 rings (SSSR count). The molecule has 5 heteroatoms. The van der Waals surface area contributed by atoms with Crippen molar-refractivity contribution in [2.24, 2.45) is 11.0 Å². The summed E-state index contributed by atoms with van der Waals surface area (Å²) in [6.45, 7) is 2.32. The Morgan fingerprint density at radius 1 is 1.00 bits per heavy atom. The Morgan fingerprint density at radius 3 is 2.42 bits per heavy atom. The maximum absolute atomic E-state index is 12.5. The van der Waals surface area contributed by atoms with Gasteiger partial charge in [0.2, 0.25) is 5.91 Å². The number of carbonyl (C=O) groups is 1. The first-order valence-electron chi connectivity index (χ1n) is 10.4. The molecule has 1 N–H and O–H groups in total. The van der Waals surface area contributed by atoms with E-state index < -0.39 is 0 Å². The van der Waals surface area contributed by atoms with Crippen molar-refractivity contribution in [3.63, 3.8) is 0 Å². The number of methoxy groups -OCH3 is 1. The zero-order valence-electron chi connectivity index (χ0n) is 17.7. The fourth-order valence-electron chi connectivity index (χ4n) is 3.59. The number of nitrogens with one attached hydrogen (secondary N) is 1. The van der Waals surface area contributed by atoms with Gasteiger partial charge in [0, 0.05) is 11.5 Å². The maximum Gasteiger partial charge on any atom is 0.243 e. The number of ether oxygens (including phenoxy) is 2. The number of hydrogen-bond acceptors (Lipinski definition) is 4. The highest BCUT2D eigenvalue weighted by molar-refractivity contribution is 6.00. The Labute approximate surface area is 182 Å². The van der Waals surface area contributed by atoms with Crippen molar-refractivity contribution in [1.29, 1.82) is 0 Å². The van der Waals surface area contributed by atoms with Gasteiger partial charge in [-0.05, 0) is 48.6 Å². The summed E-state index contributed by atoms with van der Waals surface area (Å²) in [6.07, 6.45) is 0.867. The van der Waals surface area contributed by atoms with Gasteiger partial charge in [0.25, 0.3) is 0 Å². The van der Waals surface area contributed by atoms with E-state index in [1.54, 1.807) is 7.11 Å². The van der Waals surface area contributed by atoms with Crippen molar-refractivity contribution in [2.45, 2.75) is 25.9 Å². The predicted molar refractivity (Wildman–Crippen MR) is 121 cm³/mol. The average Bonchev–Trinajstić information content (AvgIpc) is 3.63. The largest absolute Gasteiger partial charge is 0.493 e. The van der Waals surface area contributed by atoms with E-state index in [0.29, 0.717) is 23.8 Å². The Bertz CT molecular complexity index is 1060. The molecule has 1 saturated carbocycles. The third kappa shape index (κ3) is 5.12. The van der Waals surface area contributed by atoms with Crippen LogP contribution in [-0.4, -0.2) is 18.7 Å². The van der Waals surface area contributed by atoms with E-state index in [1.807, 2.05) is 73.7 Å². The van der Waals surface area contributed by atoms with Gasteiger partial charge in [-0.3, -0.25) is 4.79 Å². The van der Waals surface area contributed by atoms with Gasteiger partial charge in [-0.25, -0.2) is 5.43 Å². The van der Waals surface area contributed by atoms with Crippen LogP contribution in [0.15, 0.2) is 84.0 Å². The highest BCUT2D eigenvalue weighted by atomic mass is 16.5. The highest BCUT2D eigenvalue weighted by Gasteiger charge is 2.43. The number of amides is 1. The molecule has 0 spiro atoms. The molecule has 3 aromatic carbocycles. The highest BCUT2D eigenvalue weighted by Crippen LogP contribution is 2.47. The molecule has 0 aromatic heterocycles. The zero-order chi connectivity index (χ0) is 21.6. The third-order valence-electron chi connectivity index (χ3n) is 5.51. The molecule has 1 aliphatic rings. The summed E-state index contributed by atoms with van der Waals surface area (Å²) in [7, 11) is 1.61. The number of nitrogens with zero attached hydrogens (tertiary/aromatic N) is 1. The molecule has 0 heterocycles. The van der Waals surface area contributed by atoms with Gasteiger partial charge in [-0.2, -0.15) is 5.10 Å². The Hall–Kier alpha value is -3.60. The van der Waals surface area contributed by atoms with Gasteiger partial charge < -0.3 is 9.47 Å². The Morgan fingerprint density at radius 2 is 1.71 bits per heavy atom. The molecular formula is C26H26N2O3. The molecule has 31 heavy (non-hydrogen) atoms. The van der Waals surface area contributed by atoms with Crippen molar-refractivity contribution in [2.75, 3.05) is 7.11 Å². The van der Waals surface area contributed by atoms with Gasteiger partial charge in [0.15, 0.2) is 11.5 Å². The quantitative estimate of drug-likeness (QED) is 0.420. The standard InChI is InChI=1S/C26H26N2O3/c1-18(27-28-26(29)23-16-22(23)20-11-7-4-8-12-20)21-13-14-24(25(15-21)30-2)31-17-19-9-5-3-6-10-19/h3-15,22-23H,16-17H2,1-2H3,(H,28,29)/b27-18+. The fourth-order valence-corrected chi connectivity index (χ4v) is 3.59. The van der Waals surface area contributed by atoms with Crippen LogP contribution in [0.1, 0.15) is 36.0 Å². The smallest absolute Gasteiger partial charge is 0.243 e. The summed E-state index contributed by atoms with van der Waals surface area (Å²) >= 11 is 0. The third-order valence-corrected chi connectivity index (χ3v) is 5.51. The van der Waals surface area contributed by atoms with Crippen LogP contribution in [0.25, 0.3) is 0 Å². The van der Waals surface area contributed by atoms with Crippen molar-refractivity contribution >= 4 is 11.6 Å². The minimum Gasteiger partial charge on any atom is -0.493 e. The number of carbonyl (C=O) groups excluding carboxylic acids is 1. The van der Waals surface area contributed by atoms with Gasteiger partial charge in [0.05, 0.1) is 12.8 Å². The molecular weight excluding hydrogens is 388 g/mol. The van der Waals surface area contributed by atoms with Crippen molar-refractivity contribution in [3.05, 3.63) is 95.6 Å². The molecule has 158 valence electrons. The fraction of sp³-hybridized carbons (Fsp3) is 0.231. The van der Waals surface area contributed by atoms with Crippen LogP contribution in [0.4, 0.5) is 0 Å². The summed E-state index contributed by atoms with van der Waals surface area (Å²) in [5.74, 6) is 1.53. The van der Waals surface area contributed by atoms with Crippen molar-refractivity contribution < 1.29 is 14.3 Å². The molecule has 0 bridgehead atoms. The molecule has 0 saturated heterocycles. The van der Waals surface area contributed by atoms with Crippen molar-refractivity contribution in [3.8, 4) is 11.5 Å². The van der Waals surface area contributed by atoms with Gasteiger partial charge in [-0.1, -0.05) is 60.7 Å². The lowest BCUT2D eigenvalue weighted by atomic mass is 10.1. The topological polar surface area (TPSA) is 59.9 Å². The summed E-state index contributed by atoms with van der Waals surface area (Å²) in [6, 6.07) is 25.8. The summed E-state index contributed by atoms with van der Waals surface area (Å²) in [5, 5.41) is 4.30. The van der Waals surface area contributed by atoms with Crippen LogP contribution in [-0.2, 0) is 11.4 Å². The second-order valence-electron chi connectivity index (χ2n) is 7.67. The molecule has 0 aliphatic heterocycles. The molecule has 1 aliphatic carbocycles. The van der Waals surface area contributed by atoms with Crippen LogP contribution in [0.5, 0.6) is 11.5 Å². The molecule has 3 aromatic rings. The zero-order valence-corrected chi connectivity index (χ0v) is 17.7. The van der Waals surface area contributed by atoms with Crippen LogP contribution in [0, 0.1) is 5.92 Å². The first-order valence-corrected chi connectivity index (χ1v) is 10.4. The lowest BCUT2D eigenvalue weighted by Gasteiger charge is -2.12. The average molecular weight is 415 g/mol. The van der Waals surface area contributed by atoms with E-state index in [2.05, 4.69) is 22.7 Å². The van der Waals surface area contributed by atoms with Crippen LogP contribution in [0.3, 0.4) is 0 Å². The first-order chi connectivity index (χ1) is 15.2. The minimum absolute atomic E-state index is 0.0118. The molecule has 5 nitrogen and oxygen atoms in total. The lowest BCUT2D eigenvalue weighted by molar-refractivity contribution is -0.122. The van der Waals surface area contributed by atoms with Crippen molar-refractivity contribution in [1.82, 2.24) is 5.43 Å². The number of rotatable bonds is 8. The molecule has 2 atom stereocenters. The Kier molecular flexibility index (Phi) is 6.32. The van der Waals surface area contributed by atoms with E-state index in [0.717, 1.165) is 17.5 Å². The van der Waals surface area contributed by atoms with Gasteiger partial charge >= 0.3 is 0 Å². The number of hydrogen-bond donors (Lipinski definition) is 1. The van der Waals surface area contributed by atoms with Gasteiger partial charge in [0.1, 0.15) is 6.61 Å². The van der Waals surface area contributed by atoms with Crippen LogP contribution >= 0.6 is 0 Å². The molecule has 0 radical (unpaired) electrons. The van der Waals surface area contributed by atoms with Crippen LogP contribution in [0.2, 0.25) is 0 Å². The number of benzene rings is 3. The monoisotopic (exact) mass is 414 g/mol. The molecule has 1 fully saturated rings.